The van der Waals surface area contributed by atoms with Crippen LogP contribution in [0.2, 0.25) is 0 Å². The lowest BCUT2D eigenvalue weighted by molar-refractivity contribution is 0.318. The molecule has 5 nitrogen and oxygen atoms in total. The summed E-state index contributed by atoms with van der Waals surface area (Å²) in [4.78, 5) is 4.14. The Bertz CT molecular complexity index is 456. The number of rotatable bonds is 4. The second-order valence-electron chi connectivity index (χ2n) is 4.36. The molecule has 96 valence electrons. The number of nitrogens with one attached hydrogen (secondary N) is 1. The van der Waals surface area contributed by atoms with Crippen molar-refractivity contribution < 1.29 is 5.21 Å². The summed E-state index contributed by atoms with van der Waals surface area (Å²) in [6, 6.07) is 4.29. The maximum Gasteiger partial charge on any atom is 0.189 e. The monoisotopic (exact) mass is 246 g/mol. The van der Waals surface area contributed by atoms with E-state index in [2.05, 4.69) is 27.6 Å². The number of hydrogen-bond acceptors (Lipinski definition) is 4. The molecule has 0 saturated heterocycles. The van der Waals surface area contributed by atoms with Crippen molar-refractivity contribution in [3.63, 3.8) is 0 Å². The average molecular weight is 246 g/mol. The van der Waals surface area contributed by atoms with Crippen LogP contribution in [0.1, 0.15) is 30.5 Å². The van der Waals surface area contributed by atoms with Crippen LogP contribution in [-0.2, 0) is 6.54 Å². The van der Waals surface area contributed by atoms with E-state index in [1.165, 1.54) is 0 Å². The van der Waals surface area contributed by atoms with Gasteiger partial charge in [-0.05, 0) is 30.9 Å². The molecule has 0 bridgehead atoms. The first-order valence-electron chi connectivity index (χ1n) is 6.11. The van der Waals surface area contributed by atoms with Gasteiger partial charge < -0.3 is 16.3 Å². The molecule has 1 aliphatic rings. The number of hydrogen-bond donors (Lipinski definition) is 3. The molecule has 2 rings (SSSR count). The SMILES string of the molecule is NC(=NO)c1ncccc1CNC1CC=CCC1. The van der Waals surface area contributed by atoms with E-state index in [1.54, 1.807) is 6.20 Å². The minimum atomic E-state index is 0.0518. The summed E-state index contributed by atoms with van der Waals surface area (Å²) in [5.41, 5.74) is 7.09. The van der Waals surface area contributed by atoms with Gasteiger partial charge in [-0.1, -0.05) is 23.4 Å². The Kier molecular flexibility index (Phi) is 4.30. The van der Waals surface area contributed by atoms with Crippen molar-refractivity contribution in [2.45, 2.75) is 31.8 Å². The zero-order valence-corrected chi connectivity index (χ0v) is 10.2. The molecule has 0 aromatic carbocycles. The smallest absolute Gasteiger partial charge is 0.189 e. The van der Waals surface area contributed by atoms with Gasteiger partial charge in [0.15, 0.2) is 5.84 Å². The van der Waals surface area contributed by atoms with Crippen molar-refractivity contribution in [2.75, 3.05) is 0 Å². The Balaban J connectivity index is 2.02. The van der Waals surface area contributed by atoms with Gasteiger partial charge in [-0.15, -0.1) is 0 Å². The lowest BCUT2D eigenvalue weighted by Crippen LogP contribution is -2.30. The Morgan fingerprint density at radius 3 is 3.17 bits per heavy atom. The van der Waals surface area contributed by atoms with Crippen LogP contribution in [0.15, 0.2) is 35.6 Å². The van der Waals surface area contributed by atoms with Gasteiger partial charge in [-0.3, -0.25) is 4.98 Å². The third-order valence-electron chi connectivity index (χ3n) is 3.09. The van der Waals surface area contributed by atoms with Crippen molar-refractivity contribution in [1.29, 1.82) is 0 Å². The lowest BCUT2D eigenvalue weighted by atomic mass is 10.0. The van der Waals surface area contributed by atoms with E-state index in [4.69, 9.17) is 10.9 Å². The standard InChI is InChI=1S/C13H18N4O/c14-13(17-18)12-10(5-4-8-15-12)9-16-11-6-2-1-3-7-11/h1-2,4-5,8,11,16,18H,3,6-7,9H2,(H2,14,17). The Labute approximate surface area is 106 Å². The quantitative estimate of drug-likeness (QED) is 0.246. The molecule has 0 radical (unpaired) electrons. The second kappa shape index (κ2) is 6.16. The molecule has 0 aliphatic heterocycles. The molecule has 0 saturated carbocycles. The van der Waals surface area contributed by atoms with Crippen LogP contribution in [-0.4, -0.2) is 22.1 Å². The molecule has 0 amide bonds. The van der Waals surface area contributed by atoms with E-state index >= 15 is 0 Å². The first-order chi connectivity index (χ1) is 8.81. The molecule has 1 unspecified atom stereocenters. The first-order valence-corrected chi connectivity index (χ1v) is 6.11. The van der Waals surface area contributed by atoms with Crippen molar-refractivity contribution in [3.05, 3.63) is 41.7 Å². The number of pyridine rings is 1. The fourth-order valence-electron chi connectivity index (χ4n) is 2.09. The van der Waals surface area contributed by atoms with Crippen LogP contribution in [0, 0.1) is 0 Å². The summed E-state index contributed by atoms with van der Waals surface area (Å²) in [5, 5.41) is 15.2. The fraction of sp³-hybridized carbons (Fsp3) is 0.385. The third kappa shape index (κ3) is 3.07. The Hall–Kier alpha value is -1.88. The molecule has 1 aliphatic carbocycles. The van der Waals surface area contributed by atoms with Crippen LogP contribution in [0.25, 0.3) is 0 Å². The maximum atomic E-state index is 8.72. The van der Waals surface area contributed by atoms with E-state index in [0.29, 0.717) is 18.3 Å². The van der Waals surface area contributed by atoms with Crippen LogP contribution >= 0.6 is 0 Å². The zero-order chi connectivity index (χ0) is 12.8. The Morgan fingerprint density at radius 2 is 2.44 bits per heavy atom. The molecule has 0 spiro atoms. The van der Waals surface area contributed by atoms with Crippen molar-refractivity contribution in [2.24, 2.45) is 10.9 Å². The summed E-state index contributed by atoms with van der Waals surface area (Å²) < 4.78 is 0. The van der Waals surface area contributed by atoms with Gasteiger partial charge in [-0.2, -0.15) is 0 Å². The summed E-state index contributed by atoms with van der Waals surface area (Å²) in [6.07, 6.45) is 9.38. The summed E-state index contributed by atoms with van der Waals surface area (Å²) >= 11 is 0. The molecule has 18 heavy (non-hydrogen) atoms. The molecule has 1 atom stereocenters. The molecule has 4 N–H and O–H groups in total. The van der Waals surface area contributed by atoms with Gasteiger partial charge in [0.1, 0.15) is 5.69 Å². The number of allylic oxidation sites excluding steroid dienone is 1. The molecular formula is C13H18N4O. The van der Waals surface area contributed by atoms with Gasteiger partial charge in [-0.25, -0.2) is 0 Å². The molecule has 1 heterocycles. The van der Waals surface area contributed by atoms with Gasteiger partial charge in [0.25, 0.3) is 0 Å². The van der Waals surface area contributed by atoms with Gasteiger partial charge in [0.05, 0.1) is 0 Å². The minimum Gasteiger partial charge on any atom is -0.409 e. The van der Waals surface area contributed by atoms with Crippen LogP contribution in [0.5, 0.6) is 0 Å². The summed E-state index contributed by atoms with van der Waals surface area (Å²) in [5.74, 6) is 0.0518. The highest BCUT2D eigenvalue weighted by molar-refractivity contribution is 5.96. The van der Waals surface area contributed by atoms with Gasteiger partial charge in [0.2, 0.25) is 0 Å². The maximum absolute atomic E-state index is 8.72. The normalized spacial score (nSPS) is 20.0. The van der Waals surface area contributed by atoms with Crippen molar-refractivity contribution in [1.82, 2.24) is 10.3 Å². The summed E-state index contributed by atoms with van der Waals surface area (Å²) in [6.45, 7) is 0.678. The van der Waals surface area contributed by atoms with E-state index in [-0.39, 0.29) is 5.84 Å². The van der Waals surface area contributed by atoms with Gasteiger partial charge >= 0.3 is 0 Å². The highest BCUT2D eigenvalue weighted by Gasteiger charge is 2.12. The topological polar surface area (TPSA) is 83.5 Å². The number of aromatic nitrogens is 1. The number of nitrogens with two attached hydrogens (primary N) is 1. The number of amidine groups is 1. The minimum absolute atomic E-state index is 0.0518. The average Bonchev–Trinajstić information content (AvgIpc) is 2.45. The zero-order valence-electron chi connectivity index (χ0n) is 10.2. The van der Waals surface area contributed by atoms with Crippen LogP contribution in [0.3, 0.4) is 0 Å². The molecule has 0 fully saturated rings. The summed E-state index contributed by atoms with van der Waals surface area (Å²) in [7, 11) is 0. The highest BCUT2D eigenvalue weighted by atomic mass is 16.4. The molecule has 1 aromatic rings. The van der Waals surface area contributed by atoms with E-state index in [1.807, 2.05) is 12.1 Å². The van der Waals surface area contributed by atoms with E-state index in [9.17, 15) is 0 Å². The second-order valence-corrected chi connectivity index (χ2v) is 4.36. The predicted molar refractivity (Wildman–Crippen MR) is 70.4 cm³/mol. The van der Waals surface area contributed by atoms with Crippen molar-refractivity contribution in [3.8, 4) is 0 Å². The fourth-order valence-corrected chi connectivity index (χ4v) is 2.09. The highest BCUT2D eigenvalue weighted by Crippen LogP contribution is 2.12. The number of nitrogens with zero attached hydrogens (tertiary/aromatic N) is 2. The lowest BCUT2D eigenvalue weighted by Gasteiger charge is -2.19. The largest absolute Gasteiger partial charge is 0.409 e. The van der Waals surface area contributed by atoms with E-state index in [0.717, 1.165) is 24.8 Å². The molecule has 5 heteroatoms. The van der Waals surface area contributed by atoms with Gasteiger partial charge in [0, 0.05) is 18.8 Å². The first kappa shape index (κ1) is 12.6. The molecular weight excluding hydrogens is 228 g/mol. The number of oxime groups is 1. The predicted octanol–water partition coefficient (Wildman–Crippen LogP) is 1.37. The van der Waals surface area contributed by atoms with Crippen molar-refractivity contribution >= 4 is 5.84 Å². The Morgan fingerprint density at radius 1 is 1.56 bits per heavy atom. The third-order valence-corrected chi connectivity index (χ3v) is 3.09. The van der Waals surface area contributed by atoms with Crippen LogP contribution in [0.4, 0.5) is 0 Å². The van der Waals surface area contributed by atoms with E-state index < -0.39 is 0 Å². The van der Waals surface area contributed by atoms with Crippen LogP contribution < -0.4 is 11.1 Å². The molecule has 1 aromatic heterocycles.